The topological polar surface area (TPSA) is 102 Å². The van der Waals surface area contributed by atoms with Gasteiger partial charge in [-0.15, -0.1) is 0 Å². The normalized spacial score (nSPS) is 16.2. The summed E-state index contributed by atoms with van der Waals surface area (Å²) in [6.45, 7) is 3.17. The van der Waals surface area contributed by atoms with Crippen LogP contribution in [0.1, 0.15) is 13.3 Å². The molecule has 1 N–H and O–H groups in total. The second kappa shape index (κ2) is 9.31. The molecule has 1 atom stereocenters. The van der Waals surface area contributed by atoms with Gasteiger partial charge in [0, 0.05) is 24.7 Å². The lowest BCUT2D eigenvalue weighted by molar-refractivity contribution is -0.160. The van der Waals surface area contributed by atoms with E-state index in [0.717, 1.165) is 0 Å². The van der Waals surface area contributed by atoms with Gasteiger partial charge in [-0.05, 0) is 25.1 Å². The number of amides is 1. The van der Waals surface area contributed by atoms with Gasteiger partial charge in [-0.2, -0.15) is 0 Å². The molecule has 1 aromatic rings. The van der Waals surface area contributed by atoms with Crippen LogP contribution in [0.25, 0.3) is 0 Å². The van der Waals surface area contributed by atoms with Gasteiger partial charge < -0.3 is 14.4 Å². The molecule has 1 aliphatic heterocycles. The molecule has 1 amide bonds. The van der Waals surface area contributed by atoms with Gasteiger partial charge in [0.15, 0.2) is 6.10 Å². The highest BCUT2D eigenvalue weighted by Gasteiger charge is 2.25. The lowest BCUT2D eigenvalue weighted by Gasteiger charge is -2.28. The number of nitrogens with one attached hydrogen (secondary N) is 1. The minimum atomic E-state index is -3.77. The molecule has 0 saturated carbocycles. The molecule has 0 spiro atoms. The van der Waals surface area contributed by atoms with Crippen molar-refractivity contribution in [3.05, 3.63) is 29.3 Å². The summed E-state index contributed by atoms with van der Waals surface area (Å²) in [5, 5.41) is 0.294. The predicted molar refractivity (Wildman–Crippen MR) is 94.2 cm³/mol. The summed E-state index contributed by atoms with van der Waals surface area (Å²) in [4.78, 5) is 25.6. The quantitative estimate of drug-likeness (QED) is 0.674. The van der Waals surface area contributed by atoms with E-state index in [4.69, 9.17) is 21.1 Å². The van der Waals surface area contributed by atoms with E-state index >= 15 is 0 Å². The highest BCUT2D eigenvalue weighted by Crippen LogP contribution is 2.15. The van der Waals surface area contributed by atoms with Gasteiger partial charge >= 0.3 is 5.97 Å². The molecule has 1 unspecified atom stereocenters. The average Bonchev–Trinajstić information content (AvgIpc) is 2.61. The van der Waals surface area contributed by atoms with E-state index < -0.39 is 22.1 Å². The monoisotopic (exact) mass is 404 g/mol. The van der Waals surface area contributed by atoms with E-state index in [0.29, 0.717) is 31.3 Å². The molecule has 1 fully saturated rings. The van der Waals surface area contributed by atoms with Crippen molar-refractivity contribution < 1.29 is 27.5 Å². The first-order chi connectivity index (χ1) is 12.3. The molecule has 0 aliphatic carbocycles. The van der Waals surface area contributed by atoms with Crippen molar-refractivity contribution in [3.63, 3.8) is 0 Å². The molecule has 144 valence electrons. The van der Waals surface area contributed by atoms with Crippen LogP contribution in [0.5, 0.6) is 0 Å². The van der Waals surface area contributed by atoms with Crippen LogP contribution in [-0.2, 0) is 29.1 Å². The maximum absolute atomic E-state index is 12.2. The molecule has 1 aromatic carbocycles. The van der Waals surface area contributed by atoms with E-state index in [1.165, 1.54) is 25.1 Å². The van der Waals surface area contributed by atoms with Gasteiger partial charge in [0.05, 0.1) is 24.5 Å². The summed E-state index contributed by atoms with van der Waals surface area (Å²) in [5.74, 6) is -0.950. The predicted octanol–water partition coefficient (Wildman–Crippen LogP) is 0.799. The van der Waals surface area contributed by atoms with E-state index in [1.54, 1.807) is 11.0 Å². The molecule has 2 rings (SSSR count). The van der Waals surface area contributed by atoms with Crippen LogP contribution in [-0.4, -0.2) is 64.1 Å². The minimum Gasteiger partial charge on any atom is -0.452 e. The van der Waals surface area contributed by atoms with Gasteiger partial charge in [-0.3, -0.25) is 9.59 Å². The van der Waals surface area contributed by atoms with Crippen molar-refractivity contribution in [3.8, 4) is 0 Å². The zero-order chi connectivity index (χ0) is 19.2. The molecule has 8 nitrogen and oxygen atoms in total. The summed E-state index contributed by atoms with van der Waals surface area (Å²) in [6, 6.07) is 5.79. The van der Waals surface area contributed by atoms with Crippen molar-refractivity contribution in [2.75, 3.05) is 32.8 Å². The van der Waals surface area contributed by atoms with Crippen LogP contribution >= 0.6 is 11.6 Å². The Hall–Kier alpha value is -1.68. The number of morpholine rings is 1. The van der Waals surface area contributed by atoms with Crippen molar-refractivity contribution in [1.29, 1.82) is 0 Å². The number of hydrogen-bond acceptors (Lipinski definition) is 6. The molecule has 26 heavy (non-hydrogen) atoms. The minimum absolute atomic E-state index is 0.00855. The number of esters is 1. The van der Waals surface area contributed by atoms with E-state index in [2.05, 4.69) is 4.72 Å². The summed E-state index contributed by atoms with van der Waals surface area (Å²) in [7, 11) is -3.77. The summed E-state index contributed by atoms with van der Waals surface area (Å²) < 4.78 is 36.8. The zero-order valence-corrected chi connectivity index (χ0v) is 15.9. The van der Waals surface area contributed by atoms with Gasteiger partial charge in [0.25, 0.3) is 5.91 Å². The third-order valence-electron chi connectivity index (χ3n) is 3.71. The smallest absolute Gasteiger partial charge is 0.307 e. The van der Waals surface area contributed by atoms with Crippen LogP contribution in [0.2, 0.25) is 5.02 Å². The van der Waals surface area contributed by atoms with Crippen molar-refractivity contribution in [2.45, 2.75) is 24.3 Å². The SMILES string of the molecule is CC(OC(=O)CCNS(=O)(=O)c1cccc(Cl)c1)C(=O)N1CCOCC1. The number of carbonyl (C=O) groups is 2. The average molecular weight is 405 g/mol. The second-order valence-corrected chi connectivity index (χ2v) is 7.88. The first-order valence-electron chi connectivity index (χ1n) is 8.11. The number of hydrogen-bond donors (Lipinski definition) is 1. The van der Waals surface area contributed by atoms with Gasteiger partial charge in [0.1, 0.15) is 0 Å². The number of nitrogens with zero attached hydrogens (tertiary/aromatic N) is 1. The van der Waals surface area contributed by atoms with Crippen molar-refractivity contribution in [2.24, 2.45) is 0 Å². The Morgan fingerprint density at radius 1 is 1.35 bits per heavy atom. The number of halogens is 1. The molecular formula is C16H21ClN2O6S. The van der Waals surface area contributed by atoms with Crippen molar-refractivity contribution in [1.82, 2.24) is 9.62 Å². The Morgan fingerprint density at radius 3 is 2.69 bits per heavy atom. The van der Waals surface area contributed by atoms with Crippen LogP contribution in [0.15, 0.2) is 29.2 Å². The van der Waals surface area contributed by atoms with E-state index in [-0.39, 0.29) is 23.8 Å². The number of sulfonamides is 1. The summed E-state index contributed by atoms with van der Waals surface area (Å²) >= 11 is 5.78. The Kier molecular flexibility index (Phi) is 7.39. The largest absolute Gasteiger partial charge is 0.452 e. The van der Waals surface area contributed by atoms with Crippen LogP contribution in [0.3, 0.4) is 0 Å². The Morgan fingerprint density at radius 2 is 2.04 bits per heavy atom. The number of benzene rings is 1. The van der Waals surface area contributed by atoms with Gasteiger partial charge in [-0.25, -0.2) is 13.1 Å². The third-order valence-corrected chi connectivity index (χ3v) is 5.40. The van der Waals surface area contributed by atoms with E-state index in [1.807, 2.05) is 0 Å². The zero-order valence-electron chi connectivity index (χ0n) is 14.3. The van der Waals surface area contributed by atoms with Crippen LogP contribution in [0, 0.1) is 0 Å². The maximum Gasteiger partial charge on any atom is 0.307 e. The highest BCUT2D eigenvalue weighted by atomic mass is 35.5. The molecule has 0 aromatic heterocycles. The lowest BCUT2D eigenvalue weighted by Crippen LogP contribution is -2.46. The standard InChI is InChI=1S/C16H21ClN2O6S/c1-12(16(21)19-7-9-24-10-8-19)25-15(20)5-6-18-26(22,23)14-4-2-3-13(17)11-14/h2-4,11-12,18H,5-10H2,1H3. The molecule has 10 heteroatoms. The summed E-state index contributed by atoms with van der Waals surface area (Å²) in [5.41, 5.74) is 0. The maximum atomic E-state index is 12.2. The lowest BCUT2D eigenvalue weighted by atomic mass is 10.3. The van der Waals surface area contributed by atoms with Crippen molar-refractivity contribution >= 4 is 33.5 Å². The molecule has 0 bridgehead atoms. The number of rotatable bonds is 7. The van der Waals surface area contributed by atoms with Crippen LogP contribution in [0.4, 0.5) is 0 Å². The van der Waals surface area contributed by atoms with E-state index in [9.17, 15) is 18.0 Å². The Labute approximate surface area is 157 Å². The fourth-order valence-corrected chi connectivity index (χ4v) is 3.68. The number of ether oxygens (including phenoxy) is 2. The Balaban J connectivity index is 1.78. The van der Waals surface area contributed by atoms with Gasteiger partial charge in [0.2, 0.25) is 10.0 Å². The fourth-order valence-electron chi connectivity index (χ4n) is 2.35. The molecule has 0 radical (unpaired) electrons. The Bertz CT molecular complexity index is 749. The molecule has 1 aliphatic rings. The van der Waals surface area contributed by atoms with Crippen LogP contribution < -0.4 is 4.72 Å². The third kappa shape index (κ3) is 5.94. The first-order valence-corrected chi connectivity index (χ1v) is 9.97. The molecule has 1 saturated heterocycles. The fraction of sp³-hybridized carbons (Fsp3) is 0.500. The van der Waals surface area contributed by atoms with Gasteiger partial charge in [-0.1, -0.05) is 17.7 Å². The first kappa shape index (κ1) is 20.6. The second-order valence-electron chi connectivity index (χ2n) is 5.67. The number of carbonyl (C=O) groups excluding carboxylic acids is 2. The molecular weight excluding hydrogens is 384 g/mol. The molecule has 1 heterocycles. The highest BCUT2D eigenvalue weighted by molar-refractivity contribution is 7.89. The summed E-state index contributed by atoms with van der Waals surface area (Å²) in [6.07, 6.45) is -1.12.